The third-order valence-corrected chi connectivity index (χ3v) is 13.2. The van der Waals surface area contributed by atoms with E-state index in [2.05, 4.69) is 13.3 Å². The summed E-state index contributed by atoms with van der Waals surface area (Å²) in [6.07, 6.45) is 41.2. The van der Waals surface area contributed by atoms with Crippen LogP contribution in [0, 0.1) is 0 Å². The second kappa shape index (κ2) is 22.9. The molecule has 6 fully saturated rings. The Morgan fingerprint density at radius 1 is 0.233 bits per heavy atom. The molecule has 0 aliphatic heterocycles. The molecule has 0 aromatic heterocycles. The van der Waals surface area contributed by atoms with Gasteiger partial charge in [-0.2, -0.15) is 0 Å². The van der Waals surface area contributed by atoms with Gasteiger partial charge in [0.2, 0.25) is 0 Å². The van der Waals surface area contributed by atoms with Crippen molar-refractivity contribution in [1.82, 2.24) is 13.3 Å². The van der Waals surface area contributed by atoms with Gasteiger partial charge in [-0.15, -0.1) is 0 Å². The maximum Gasteiger partial charge on any atom is 0.0254 e. The van der Waals surface area contributed by atoms with Crippen LogP contribution >= 0.6 is 35.3 Å². The zero-order valence-electron chi connectivity index (χ0n) is 27.7. The summed E-state index contributed by atoms with van der Waals surface area (Å²) in [6, 6.07) is 4.13. The molecule has 6 saturated carbocycles. The molecule has 0 amide bonds. The molecule has 3 nitrogen and oxygen atoms in total. The zero-order valence-corrected chi connectivity index (χ0v) is 31.5. The Bertz CT molecular complexity index is 522. The predicted molar refractivity (Wildman–Crippen MR) is 184 cm³/mol. The number of hydrogen-bond donors (Lipinski definition) is 0. The van der Waals surface area contributed by atoms with Crippen molar-refractivity contribution in [2.75, 3.05) is 0 Å². The van der Waals surface area contributed by atoms with E-state index in [0.717, 1.165) is 0 Å². The predicted octanol–water partition coefficient (Wildman–Crippen LogP) is 12.3. The van der Waals surface area contributed by atoms with E-state index in [1.165, 1.54) is 193 Å². The van der Waals surface area contributed by atoms with E-state index in [-0.39, 0.29) is 21.7 Å². The van der Waals surface area contributed by atoms with Crippen LogP contribution in [0.1, 0.15) is 193 Å². The molecule has 6 aliphatic carbocycles. The smallest absolute Gasteiger partial charge is 0.0254 e. The summed E-state index contributed by atoms with van der Waals surface area (Å²) in [5, 5.41) is 0. The molecule has 0 aromatic carbocycles. The van der Waals surface area contributed by atoms with Crippen molar-refractivity contribution in [3.8, 4) is 0 Å². The maximum absolute atomic E-state index is 6.47. The molecule has 0 aromatic rings. The Morgan fingerprint density at radius 2 is 0.349 bits per heavy atom. The van der Waals surface area contributed by atoms with E-state index < -0.39 is 0 Å². The molecule has 6 aliphatic rings. The third-order valence-electron chi connectivity index (χ3n) is 11.5. The van der Waals surface area contributed by atoms with E-state index in [0.29, 0.717) is 36.3 Å². The van der Waals surface area contributed by atoms with E-state index in [4.69, 9.17) is 35.3 Å². The maximum atomic E-state index is 6.47. The van der Waals surface area contributed by atoms with Crippen LogP contribution in [-0.4, -0.2) is 49.5 Å². The van der Waals surface area contributed by atoms with E-state index in [1.807, 2.05) is 0 Å². The van der Waals surface area contributed by atoms with Crippen molar-refractivity contribution in [2.24, 2.45) is 0 Å². The molecule has 0 saturated heterocycles. The largest absolute Gasteiger partial charge is 0.214 e. The number of nitrogens with zero attached hydrogens (tertiary/aromatic N) is 3. The third kappa shape index (κ3) is 13.8. The first-order chi connectivity index (χ1) is 20.6. The van der Waals surface area contributed by atoms with Crippen LogP contribution in [0.15, 0.2) is 0 Å². The second-order valence-corrected chi connectivity index (χ2v) is 16.0. The molecule has 0 unspecified atom stereocenters. The van der Waals surface area contributed by atoms with Crippen molar-refractivity contribution in [3.63, 3.8) is 0 Å². The quantitative estimate of drug-likeness (QED) is 0.202. The minimum absolute atomic E-state index is 0. The summed E-state index contributed by atoms with van der Waals surface area (Å²) in [5.74, 6) is 0. The van der Waals surface area contributed by atoms with Crippen molar-refractivity contribution >= 4 is 35.3 Å². The van der Waals surface area contributed by atoms with Crippen LogP contribution in [0.2, 0.25) is 0 Å². The molecule has 0 N–H and O–H groups in total. The van der Waals surface area contributed by atoms with Gasteiger partial charge in [0, 0.05) is 58.0 Å². The van der Waals surface area contributed by atoms with Crippen LogP contribution in [-0.2, 0) is 21.7 Å². The summed E-state index contributed by atoms with van der Waals surface area (Å²) in [5.41, 5.74) is 0. The van der Waals surface area contributed by atoms with Gasteiger partial charge >= 0.3 is 0 Å². The first-order valence-corrected chi connectivity index (χ1v) is 20.0. The average molecular weight is 695 g/mol. The fraction of sp³-hybridized carbons (Fsp3) is 1.00. The normalized spacial score (nSPS) is 26.4. The topological polar surface area (TPSA) is 9.72 Å². The Balaban J connectivity index is 0.000000175. The first kappa shape index (κ1) is 38.9. The van der Waals surface area contributed by atoms with Gasteiger partial charge in [0.15, 0.2) is 0 Å². The number of halogens is 3. The van der Waals surface area contributed by atoms with Crippen LogP contribution in [0.3, 0.4) is 0 Å². The summed E-state index contributed by atoms with van der Waals surface area (Å²) in [6.45, 7) is 0. The Hall–Kier alpha value is 1.46. The van der Waals surface area contributed by atoms with Crippen molar-refractivity contribution < 1.29 is 21.7 Å². The van der Waals surface area contributed by atoms with E-state index >= 15 is 0 Å². The molecule has 6 rings (SSSR count). The van der Waals surface area contributed by atoms with Gasteiger partial charge < -0.3 is 0 Å². The van der Waals surface area contributed by atoms with Gasteiger partial charge in [0.25, 0.3) is 0 Å². The Kier molecular flexibility index (Phi) is 20.7. The van der Waals surface area contributed by atoms with Gasteiger partial charge in [-0.1, -0.05) is 116 Å². The van der Waals surface area contributed by atoms with Gasteiger partial charge in [-0.25, -0.2) is 13.3 Å². The molecule has 0 radical (unpaired) electrons. The van der Waals surface area contributed by atoms with Crippen molar-refractivity contribution in [3.05, 3.63) is 0 Å². The van der Waals surface area contributed by atoms with Crippen molar-refractivity contribution in [1.29, 1.82) is 0 Å². The minimum Gasteiger partial charge on any atom is -0.214 e. The van der Waals surface area contributed by atoms with Crippen LogP contribution in [0.4, 0.5) is 0 Å². The second-order valence-electron chi connectivity index (χ2n) is 14.8. The molecule has 250 valence electrons. The number of rotatable bonds is 6. The molecule has 43 heavy (non-hydrogen) atoms. The molecule has 0 bridgehead atoms. The molecular weight excluding hydrogens is 629 g/mol. The number of hydrogen-bond acceptors (Lipinski definition) is 3. The monoisotopic (exact) mass is 693 g/mol. The Morgan fingerprint density at radius 3 is 0.465 bits per heavy atom. The molecule has 0 atom stereocenters. The zero-order chi connectivity index (χ0) is 29.4. The Labute approximate surface area is 297 Å². The standard InChI is InChI=1S/3C12H22ClN.Ti/c3*13-14(11-7-3-1-4-8-11)12-9-5-2-6-10-12;/h3*11-12H,1-10H2;. The fourth-order valence-corrected chi connectivity index (χ4v) is 10.0. The fourth-order valence-electron chi connectivity index (χ4n) is 8.86. The van der Waals surface area contributed by atoms with Gasteiger partial charge in [0.05, 0.1) is 0 Å². The van der Waals surface area contributed by atoms with Gasteiger partial charge in [0.1, 0.15) is 0 Å². The van der Waals surface area contributed by atoms with Crippen molar-refractivity contribution in [2.45, 2.75) is 229 Å². The molecule has 0 heterocycles. The van der Waals surface area contributed by atoms with Gasteiger partial charge in [-0.3, -0.25) is 0 Å². The van der Waals surface area contributed by atoms with E-state index in [9.17, 15) is 0 Å². The van der Waals surface area contributed by atoms with Crippen LogP contribution in [0.25, 0.3) is 0 Å². The summed E-state index contributed by atoms with van der Waals surface area (Å²) < 4.78 is 6.58. The van der Waals surface area contributed by atoms with E-state index in [1.54, 1.807) is 0 Å². The SMILES string of the molecule is ClN(C1CCCCC1)C1CCCCC1.ClN(C1CCCCC1)C1CCCCC1.ClN(C1CCCCC1)C1CCCCC1.[Ti]. The van der Waals surface area contributed by atoms with Crippen LogP contribution in [0.5, 0.6) is 0 Å². The average Bonchev–Trinajstić information content (AvgIpc) is 3.10. The van der Waals surface area contributed by atoms with Gasteiger partial charge in [-0.05, 0) is 112 Å². The summed E-state index contributed by atoms with van der Waals surface area (Å²) >= 11 is 19.4. The first-order valence-electron chi connectivity index (χ1n) is 19.0. The summed E-state index contributed by atoms with van der Waals surface area (Å²) in [7, 11) is 0. The molecule has 7 heteroatoms. The summed E-state index contributed by atoms with van der Waals surface area (Å²) in [4.78, 5) is 0. The molecule has 0 spiro atoms. The minimum atomic E-state index is 0. The molecular formula is C36H66Cl3N3Ti. The van der Waals surface area contributed by atoms with Crippen LogP contribution < -0.4 is 0 Å².